The van der Waals surface area contributed by atoms with E-state index in [2.05, 4.69) is 11.8 Å². The Bertz CT molecular complexity index is 789. The molecule has 1 fully saturated rings. The summed E-state index contributed by atoms with van der Waals surface area (Å²) in [7, 11) is 0. The maximum Gasteiger partial charge on any atom is 0.253 e. The summed E-state index contributed by atoms with van der Waals surface area (Å²) >= 11 is 0. The van der Waals surface area contributed by atoms with E-state index in [4.69, 9.17) is 0 Å². The summed E-state index contributed by atoms with van der Waals surface area (Å²) < 4.78 is 1.74. The van der Waals surface area contributed by atoms with E-state index in [1.807, 2.05) is 42.2 Å². The summed E-state index contributed by atoms with van der Waals surface area (Å²) in [6.45, 7) is 8.90. The number of carbonyl (C=O) groups excluding carboxylic acids is 1. The average molecular weight is 327 g/mol. The average Bonchev–Trinajstić information content (AvgIpc) is 2.62. The highest BCUT2D eigenvalue weighted by Gasteiger charge is 2.20. The van der Waals surface area contributed by atoms with Crippen molar-refractivity contribution >= 4 is 16.8 Å². The van der Waals surface area contributed by atoms with Crippen molar-refractivity contribution in [3.63, 3.8) is 0 Å². The van der Waals surface area contributed by atoms with Crippen LogP contribution in [0.15, 0.2) is 35.1 Å². The fourth-order valence-corrected chi connectivity index (χ4v) is 3.37. The van der Waals surface area contributed by atoms with Crippen molar-refractivity contribution in [1.29, 1.82) is 0 Å². The molecule has 0 spiro atoms. The van der Waals surface area contributed by atoms with E-state index in [9.17, 15) is 9.59 Å². The lowest BCUT2D eigenvalue weighted by Crippen LogP contribution is -2.48. The number of aryl methyl sites for hydroxylation is 2. The number of para-hydroxylation sites is 1. The number of hydrogen-bond donors (Lipinski definition) is 0. The largest absolute Gasteiger partial charge is 0.340 e. The van der Waals surface area contributed by atoms with Crippen LogP contribution < -0.4 is 5.56 Å². The zero-order chi connectivity index (χ0) is 17.1. The number of hydrogen-bond acceptors (Lipinski definition) is 3. The molecule has 1 aromatic carbocycles. The second kappa shape index (κ2) is 7.18. The second-order valence-electron chi connectivity index (χ2n) is 6.41. The first kappa shape index (κ1) is 16.7. The highest BCUT2D eigenvalue weighted by molar-refractivity contribution is 5.80. The van der Waals surface area contributed by atoms with Gasteiger partial charge in [0.05, 0.1) is 5.52 Å². The van der Waals surface area contributed by atoms with Crippen LogP contribution >= 0.6 is 0 Å². The highest BCUT2D eigenvalue weighted by Crippen LogP contribution is 2.14. The predicted octanol–water partition coefficient (Wildman–Crippen LogP) is 1.86. The molecule has 0 bridgehead atoms. The minimum Gasteiger partial charge on any atom is -0.340 e. The molecule has 0 aliphatic carbocycles. The maximum atomic E-state index is 12.5. The number of pyridine rings is 1. The minimum absolute atomic E-state index is 0.00250. The van der Waals surface area contributed by atoms with Crippen molar-refractivity contribution in [1.82, 2.24) is 14.4 Å². The normalized spacial score (nSPS) is 15.8. The smallest absolute Gasteiger partial charge is 0.253 e. The van der Waals surface area contributed by atoms with E-state index < -0.39 is 0 Å². The lowest BCUT2D eigenvalue weighted by atomic mass is 10.1. The summed E-state index contributed by atoms with van der Waals surface area (Å²) in [6.07, 6.45) is 0.374. The van der Waals surface area contributed by atoms with Crippen LogP contribution in [-0.4, -0.2) is 53.0 Å². The van der Waals surface area contributed by atoms with E-state index in [1.165, 1.54) is 0 Å². The van der Waals surface area contributed by atoms with Crippen LogP contribution in [0.4, 0.5) is 0 Å². The van der Waals surface area contributed by atoms with Gasteiger partial charge in [0.25, 0.3) is 5.56 Å². The molecule has 5 heteroatoms. The molecule has 1 aliphatic rings. The Kier molecular flexibility index (Phi) is 5.00. The fraction of sp³-hybridized carbons (Fsp3) is 0.474. The van der Waals surface area contributed by atoms with Gasteiger partial charge in [-0.25, -0.2) is 0 Å². The molecule has 0 N–H and O–H groups in total. The van der Waals surface area contributed by atoms with E-state index in [0.29, 0.717) is 13.0 Å². The Morgan fingerprint density at radius 2 is 1.83 bits per heavy atom. The van der Waals surface area contributed by atoms with Gasteiger partial charge in [-0.05, 0) is 31.0 Å². The van der Waals surface area contributed by atoms with Crippen molar-refractivity contribution < 1.29 is 4.79 Å². The van der Waals surface area contributed by atoms with E-state index in [0.717, 1.165) is 49.2 Å². The quantitative estimate of drug-likeness (QED) is 0.861. The van der Waals surface area contributed by atoms with E-state index >= 15 is 0 Å². The van der Waals surface area contributed by atoms with Gasteiger partial charge in [0.2, 0.25) is 5.91 Å². The molecule has 0 saturated carbocycles. The van der Waals surface area contributed by atoms with Gasteiger partial charge >= 0.3 is 0 Å². The zero-order valence-corrected chi connectivity index (χ0v) is 14.5. The van der Waals surface area contributed by atoms with Crippen molar-refractivity contribution in [2.75, 3.05) is 32.7 Å². The van der Waals surface area contributed by atoms with Crippen LogP contribution in [0.3, 0.4) is 0 Å². The van der Waals surface area contributed by atoms with Gasteiger partial charge in [0, 0.05) is 44.7 Å². The van der Waals surface area contributed by atoms with Gasteiger partial charge in [-0.15, -0.1) is 0 Å². The molecule has 24 heavy (non-hydrogen) atoms. The van der Waals surface area contributed by atoms with Gasteiger partial charge in [-0.2, -0.15) is 0 Å². The van der Waals surface area contributed by atoms with E-state index in [-0.39, 0.29) is 11.5 Å². The molecule has 1 amide bonds. The molecule has 2 aromatic rings. The zero-order valence-electron chi connectivity index (χ0n) is 14.5. The third-order valence-corrected chi connectivity index (χ3v) is 4.90. The molecule has 3 rings (SSSR count). The van der Waals surface area contributed by atoms with Crippen molar-refractivity contribution in [2.45, 2.75) is 26.8 Å². The molecule has 2 heterocycles. The fourth-order valence-electron chi connectivity index (χ4n) is 3.37. The third-order valence-electron chi connectivity index (χ3n) is 4.90. The minimum atomic E-state index is -0.00250. The van der Waals surface area contributed by atoms with Crippen LogP contribution in [-0.2, 0) is 11.3 Å². The molecule has 1 aliphatic heterocycles. The summed E-state index contributed by atoms with van der Waals surface area (Å²) in [6, 6.07) is 9.76. The molecule has 0 radical (unpaired) electrons. The highest BCUT2D eigenvalue weighted by atomic mass is 16.2. The molecule has 128 valence electrons. The lowest BCUT2D eigenvalue weighted by molar-refractivity contribution is -0.133. The first-order chi connectivity index (χ1) is 11.6. The van der Waals surface area contributed by atoms with Crippen LogP contribution in [0.2, 0.25) is 0 Å². The molecule has 5 nitrogen and oxygen atoms in total. The molecule has 0 atom stereocenters. The monoisotopic (exact) mass is 327 g/mol. The van der Waals surface area contributed by atoms with Gasteiger partial charge < -0.3 is 14.4 Å². The molecule has 0 unspecified atom stereocenters. The number of aromatic nitrogens is 1. The number of nitrogens with zero attached hydrogens (tertiary/aromatic N) is 3. The van der Waals surface area contributed by atoms with Crippen molar-refractivity contribution in [3.05, 3.63) is 46.2 Å². The number of rotatable bonds is 4. The van der Waals surface area contributed by atoms with Gasteiger partial charge in [-0.3, -0.25) is 9.59 Å². The predicted molar refractivity (Wildman–Crippen MR) is 96.3 cm³/mol. The summed E-state index contributed by atoms with van der Waals surface area (Å²) in [5, 5.41) is 1.04. The number of fused-ring (bicyclic) bond motifs is 1. The summed E-state index contributed by atoms with van der Waals surface area (Å²) in [4.78, 5) is 29.3. The lowest BCUT2D eigenvalue weighted by Gasteiger charge is -2.34. The van der Waals surface area contributed by atoms with Gasteiger partial charge in [-0.1, -0.05) is 25.1 Å². The number of benzene rings is 1. The number of amides is 1. The summed E-state index contributed by atoms with van der Waals surface area (Å²) in [5.41, 5.74) is 1.62. The van der Waals surface area contributed by atoms with Crippen molar-refractivity contribution in [3.8, 4) is 0 Å². The van der Waals surface area contributed by atoms with Gasteiger partial charge in [0.1, 0.15) is 0 Å². The molecular weight excluding hydrogens is 302 g/mol. The number of carbonyl (C=O) groups is 1. The Balaban J connectivity index is 1.73. The molecule has 1 aromatic heterocycles. The Morgan fingerprint density at radius 3 is 2.54 bits per heavy atom. The Hall–Kier alpha value is -2.14. The van der Waals surface area contributed by atoms with Crippen LogP contribution in [0.25, 0.3) is 10.9 Å². The van der Waals surface area contributed by atoms with E-state index in [1.54, 1.807) is 4.57 Å². The summed E-state index contributed by atoms with van der Waals surface area (Å²) in [5.74, 6) is 0.142. The topological polar surface area (TPSA) is 45.5 Å². The SMILES string of the molecule is CCN1CCN(C(=O)CCn2c(=O)c(C)cc3ccccc32)CC1. The Morgan fingerprint density at radius 1 is 1.12 bits per heavy atom. The first-order valence-electron chi connectivity index (χ1n) is 8.69. The standard InChI is InChI=1S/C19H25N3O2/c1-3-20-10-12-21(13-11-20)18(23)8-9-22-17-7-5-4-6-16(17)14-15(2)19(22)24/h4-7,14H,3,8-13H2,1-2H3. The molecule has 1 saturated heterocycles. The third kappa shape index (κ3) is 3.36. The van der Waals surface area contributed by atoms with Crippen LogP contribution in [0.1, 0.15) is 18.9 Å². The number of piperazine rings is 1. The first-order valence-corrected chi connectivity index (χ1v) is 8.69. The maximum absolute atomic E-state index is 12.5. The van der Waals surface area contributed by atoms with Crippen molar-refractivity contribution in [2.24, 2.45) is 0 Å². The van der Waals surface area contributed by atoms with Crippen LogP contribution in [0, 0.1) is 6.92 Å². The molecular formula is C19H25N3O2. The Labute approximate surface area is 142 Å². The number of likely N-dealkylation sites (N-methyl/N-ethyl adjacent to an activating group) is 1. The van der Waals surface area contributed by atoms with Crippen LogP contribution in [0.5, 0.6) is 0 Å². The second-order valence-corrected chi connectivity index (χ2v) is 6.41. The van der Waals surface area contributed by atoms with Gasteiger partial charge in [0.15, 0.2) is 0 Å².